The van der Waals surface area contributed by atoms with Crippen molar-refractivity contribution >= 4 is 0 Å². The molecule has 0 atom stereocenters. The van der Waals surface area contributed by atoms with E-state index in [1.807, 2.05) is 48.0 Å². The molecule has 0 amide bonds. The topological polar surface area (TPSA) is 41.6 Å². The maximum absolute atomic E-state index is 8.59. The monoisotopic (exact) mass is 197 g/mol. The number of hydrogen-bond donors (Lipinski definition) is 0. The van der Waals surface area contributed by atoms with Crippen LogP contribution < -0.4 is 0 Å². The fraction of sp³-hybridized carbons (Fsp3) is 0.167. The number of aryl methyl sites for hydroxylation is 1. The van der Waals surface area contributed by atoms with E-state index in [1.165, 1.54) is 0 Å². The van der Waals surface area contributed by atoms with Crippen molar-refractivity contribution in [1.29, 1.82) is 5.26 Å². The van der Waals surface area contributed by atoms with Gasteiger partial charge in [-0.25, -0.2) is 4.68 Å². The normalized spacial score (nSPS) is 9.87. The highest BCUT2D eigenvalue weighted by atomic mass is 15.3. The van der Waals surface area contributed by atoms with E-state index in [0.29, 0.717) is 6.42 Å². The predicted molar refractivity (Wildman–Crippen MR) is 57.6 cm³/mol. The lowest BCUT2D eigenvalue weighted by Gasteiger charge is -2.02. The Morgan fingerprint density at radius 3 is 2.73 bits per heavy atom. The molecule has 2 aromatic rings. The number of aromatic nitrogens is 2. The molecule has 1 aromatic heterocycles. The van der Waals surface area contributed by atoms with E-state index in [0.717, 1.165) is 17.1 Å². The zero-order valence-electron chi connectivity index (χ0n) is 8.51. The number of para-hydroxylation sites is 1. The second-order valence-corrected chi connectivity index (χ2v) is 3.36. The molecule has 74 valence electrons. The van der Waals surface area contributed by atoms with Crippen LogP contribution in [0.4, 0.5) is 0 Å². The van der Waals surface area contributed by atoms with E-state index in [-0.39, 0.29) is 0 Å². The van der Waals surface area contributed by atoms with Crippen molar-refractivity contribution < 1.29 is 0 Å². The van der Waals surface area contributed by atoms with Crippen LogP contribution in [0.1, 0.15) is 11.4 Å². The van der Waals surface area contributed by atoms with Gasteiger partial charge in [-0.3, -0.25) is 0 Å². The molecule has 0 fully saturated rings. The summed E-state index contributed by atoms with van der Waals surface area (Å²) < 4.78 is 1.85. The summed E-state index contributed by atoms with van der Waals surface area (Å²) >= 11 is 0. The molecule has 3 nitrogen and oxygen atoms in total. The molecule has 0 aliphatic heterocycles. The molecule has 1 aromatic carbocycles. The molecule has 15 heavy (non-hydrogen) atoms. The smallest absolute Gasteiger partial charge is 0.0793 e. The Kier molecular flexibility index (Phi) is 2.51. The molecule has 0 aliphatic rings. The van der Waals surface area contributed by atoms with Gasteiger partial charge >= 0.3 is 0 Å². The summed E-state index contributed by atoms with van der Waals surface area (Å²) in [6, 6.07) is 13.9. The van der Waals surface area contributed by atoms with Crippen molar-refractivity contribution in [3.63, 3.8) is 0 Å². The minimum Gasteiger partial charge on any atom is -0.238 e. The first-order valence-corrected chi connectivity index (χ1v) is 4.79. The maximum atomic E-state index is 8.59. The Morgan fingerprint density at radius 2 is 2.07 bits per heavy atom. The number of hydrogen-bond acceptors (Lipinski definition) is 2. The first-order chi connectivity index (χ1) is 7.31. The van der Waals surface area contributed by atoms with Gasteiger partial charge in [0, 0.05) is 5.69 Å². The molecular weight excluding hydrogens is 186 g/mol. The van der Waals surface area contributed by atoms with Crippen LogP contribution in [0, 0.1) is 18.3 Å². The molecule has 1 heterocycles. The third kappa shape index (κ3) is 1.89. The second-order valence-electron chi connectivity index (χ2n) is 3.36. The molecule has 0 unspecified atom stereocenters. The van der Waals surface area contributed by atoms with Crippen molar-refractivity contribution in [3.05, 3.63) is 47.8 Å². The molecule has 0 N–H and O–H groups in total. The summed E-state index contributed by atoms with van der Waals surface area (Å²) in [7, 11) is 0. The Bertz CT molecular complexity index is 491. The van der Waals surface area contributed by atoms with Gasteiger partial charge in [-0.2, -0.15) is 10.4 Å². The standard InChI is InChI=1S/C12H11N3/c1-10-9-11(7-8-13)14-15(10)12-5-3-2-4-6-12/h2-6,9H,7H2,1H3. The van der Waals surface area contributed by atoms with E-state index >= 15 is 0 Å². The SMILES string of the molecule is Cc1cc(CC#N)nn1-c1ccccc1. The van der Waals surface area contributed by atoms with Gasteiger partial charge in [0.2, 0.25) is 0 Å². The molecular formula is C12H11N3. The lowest BCUT2D eigenvalue weighted by atomic mass is 10.3. The van der Waals surface area contributed by atoms with Crippen LogP contribution in [-0.2, 0) is 6.42 Å². The van der Waals surface area contributed by atoms with Crippen LogP contribution in [0.2, 0.25) is 0 Å². The summed E-state index contributed by atoms with van der Waals surface area (Å²) in [5.74, 6) is 0. The largest absolute Gasteiger partial charge is 0.238 e. The van der Waals surface area contributed by atoms with Crippen molar-refractivity contribution in [2.24, 2.45) is 0 Å². The lowest BCUT2D eigenvalue weighted by Crippen LogP contribution is -1.98. The van der Waals surface area contributed by atoms with E-state index in [1.54, 1.807) is 0 Å². The van der Waals surface area contributed by atoms with Crippen LogP contribution in [0.25, 0.3) is 5.69 Å². The average molecular weight is 197 g/mol. The highest BCUT2D eigenvalue weighted by Gasteiger charge is 2.04. The third-order valence-corrected chi connectivity index (χ3v) is 2.20. The number of nitrogens with zero attached hydrogens (tertiary/aromatic N) is 3. The summed E-state index contributed by atoms with van der Waals surface area (Å²) in [5.41, 5.74) is 2.89. The minimum atomic E-state index is 0.362. The molecule has 0 saturated carbocycles. The van der Waals surface area contributed by atoms with Gasteiger partial charge in [0.15, 0.2) is 0 Å². The summed E-state index contributed by atoms with van der Waals surface area (Å²) in [6.07, 6.45) is 0.362. The summed E-state index contributed by atoms with van der Waals surface area (Å²) in [5, 5.41) is 13.0. The van der Waals surface area contributed by atoms with Crippen LogP contribution in [0.5, 0.6) is 0 Å². The van der Waals surface area contributed by atoms with Crippen LogP contribution in [0.3, 0.4) is 0 Å². The molecule has 2 rings (SSSR count). The van der Waals surface area contributed by atoms with E-state index in [2.05, 4.69) is 11.2 Å². The van der Waals surface area contributed by atoms with Gasteiger partial charge in [-0.1, -0.05) is 18.2 Å². The van der Waals surface area contributed by atoms with E-state index < -0.39 is 0 Å². The van der Waals surface area contributed by atoms with E-state index in [9.17, 15) is 0 Å². The molecule has 0 spiro atoms. The minimum absolute atomic E-state index is 0.362. The lowest BCUT2D eigenvalue weighted by molar-refractivity contribution is 0.826. The number of benzene rings is 1. The zero-order chi connectivity index (χ0) is 10.7. The Morgan fingerprint density at radius 1 is 1.33 bits per heavy atom. The highest BCUT2D eigenvalue weighted by Crippen LogP contribution is 2.11. The molecule has 0 aliphatic carbocycles. The van der Waals surface area contributed by atoms with Crippen LogP contribution in [0.15, 0.2) is 36.4 Å². The van der Waals surface area contributed by atoms with Crippen molar-refractivity contribution in [1.82, 2.24) is 9.78 Å². The fourth-order valence-electron chi connectivity index (χ4n) is 1.54. The average Bonchev–Trinajstić information content (AvgIpc) is 2.61. The fourth-order valence-corrected chi connectivity index (χ4v) is 1.54. The van der Waals surface area contributed by atoms with Crippen molar-refractivity contribution in [2.45, 2.75) is 13.3 Å². The van der Waals surface area contributed by atoms with Gasteiger partial charge in [0.25, 0.3) is 0 Å². The quantitative estimate of drug-likeness (QED) is 0.740. The predicted octanol–water partition coefficient (Wildman–Crippen LogP) is 2.25. The molecule has 0 radical (unpaired) electrons. The van der Waals surface area contributed by atoms with Crippen LogP contribution >= 0.6 is 0 Å². The Labute approximate surface area is 88.6 Å². The first kappa shape index (κ1) is 9.47. The molecule has 3 heteroatoms. The van der Waals surface area contributed by atoms with E-state index in [4.69, 9.17) is 5.26 Å². The maximum Gasteiger partial charge on any atom is 0.0793 e. The summed E-state index contributed by atoms with van der Waals surface area (Å²) in [4.78, 5) is 0. The van der Waals surface area contributed by atoms with Gasteiger partial charge in [0.05, 0.1) is 23.9 Å². The number of rotatable bonds is 2. The third-order valence-electron chi connectivity index (χ3n) is 2.20. The van der Waals surface area contributed by atoms with Gasteiger partial charge in [0.1, 0.15) is 0 Å². The van der Waals surface area contributed by atoms with Crippen molar-refractivity contribution in [2.75, 3.05) is 0 Å². The summed E-state index contributed by atoms with van der Waals surface area (Å²) in [6.45, 7) is 1.99. The number of nitriles is 1. The van der Waals surface area contributed by atoms with Crippen LogP contribution in [-0.4, -0.2) is 9.78 Å². The van der Waals surface area contributed by atoms with Gasteiger partial charge < -0.3 is 0 Å². The van der Waals surface area contributed by atoms with Crippen molar-refractivity contribution in [3.8, 4) is 11.8 Å². The Hall–Kier alpha value is -2.08. The molecule has 0 bridgehead atoms. The highest BCUT2D eigenvalue weighted by molar-refractivity contribution is 5.33. The molecule has 0 saturated heterocycles. The van der Waals surface area contributed by atoms with Gasteiger partial charge in [-0.05, 0) is 25.1 Å². The van der Waals surface area contributed by atoms with Gasteiger partial charge in [-0.15, -0.1) is 0 Å². The first-order valence-electron chi connectivity index (χ1n) is 4.79. The Balaban J connectivity index is 2.42. The zero-order valence-corrected chi connectivity index (χ0v) is 8.51. The second kappa shape index (κ2) is 3.97.